The summed E-state index contributed by atoms with van der Waals surface area (Å²) in [6, 6.07) is 18.2. The molecule has 1 aliphatic rings. The van der Waals surface area contributed by atoms with Crippen LogP contribution in [0.2, 0.25) is 0 Å². The van der Waals surface area contributed by atoms with Crippen LogP contribution in [0.25, 0.3) is 10.6 Å². The van der Waals surface area contributed by atoms with Crippen LogP contribution in [0.15, 0.2) is 59.6 Å². The number of hydrogen-bond donors (Lipinski definition) is 3. The van der Waals surface area contributed by atoms with Gasteiger partial charge in [-0.15, -0.1) is 35.3 Å². The minimum Gasteiger partial charge on any atom is -0.356 e. The molecular weight excluding hydrogens is 521 g/mol. The first kappa shape index (κ1) is 23.2. The minimum absolute atomic E-state index is 0. The van der Waals surface area contributed by atoms with E-state index in [1.54, 1.807) is 18.4 Å². The number of rotatable bonds is 5. The number of thiazole rings is 1. The second kappa shape index (κ2) is 10.7. The molecule has 0 fully saturated rings. The van der Waals surface area contributed by atoms with Crippen LogP contribution in [-0.4, -0.2) is 30.4 Å². The van der Waals surface area contributed by atoms with Crippen LogP contribution in [0.3, 0.4) is 0 Å². The monoisotopic (exact) mass is 547 g/mol. The fraction of sp³-hybridized carbons (Fsp3) is 0.261. The Morgan fingerprint density at radius 2 is 1.90 bits per heavy atom. The van der Waals surface area contributed by atoms with Gasteiger partial charge in [-0.1, -0.05) is 48.5 Å². The lowest BCUT2D eigenvalue weighted by molar-refractivity contribution is -0.116. The van der Waals surface area contributed by atoms with Crippen molar-refractivity contribution in [1.29, 1.82) is 0 Å². The zero-order valence-corrected chi connectivity index (χ0v) is 20.7. The van der Waals surface area contributed by atoms with E-state index in [-0.39, 0.29) is 35.8 Å². The maximum Gasteiger partial charge on any atom is 0.225 e. The van der Waals surface area contributed by atoms with Crippen LogP contribution in [0, 0.1) is 6.92 Å². The largest absolute Gasteiger partial charge is 0.356 e. The van der Waals surface area contributed by atoms with E-state index in [2.05, 4.69) is 39.1 Å². The topological polar surface area (TPSA) is 78.4 Å². The Morgan fingerprint density at radius 3 is 2.68 bits per heavy atom. The number of halogens is 1. The quantitative estimate of drug-likeness (QED) is 0.249. The van der Waals surface area contributed by atoms with Crippen LogP contribution in [0.5, 0.6) is 0 Å². The van der Waals surface area contributed by atoms with E-state index >= 15 is 0 Å². The lowest BCUT2D eigenvalue weighted by atomic mass is 9.90. The zero-order chi connectivity index (χ0) is 20.9. The first-order valence-electron chi connectivity index (χ1n) is 9.99. The van der Waals surface area contributed by atoms with Gasteiger partial charge in [0, 0.05) is 42.1 Å². The van der Waals surface area contributed by atoms with Gasteiger partial charge >= 0.3 is 0 Å². The number of amides is 1. The summed E-state index contributed by atoms with van der Waals surface area (Å²) >= 11 is 1.69. The molecule has 1 amide bonds. The average Bonchev–Trinajstić information content (AvgIpc) is 3.15. The molecule has 1 unspecified atom stereocenters. The average molecular weight is 547 g/mol. The van der Waals surface area contributed by atoms with Gasteiger partial charge in [0.1, 0.15) is 5.01 Å². The molecule has 1 aromatic heterocycles. The molecular formula is C23H26IN5OS. The highest BCUT2D eigenvalue weighted by atomic mass is 127. The van der Waals surface area contributed by atoms with Gasteiger partial charge in [0.2, 0.25) is 5.91 Å². The second-order valence-electron chi connectivity index (χ2n) is 7.24. The number of para-hydroxylation sites is 1. The molecule has 2 heterocycles. The molecule has 1 atom stereocenters. The van der Waals surface area contributed by atoms with E-state index in [0.717, 1.165) is 27.5 Å². The number of hydrogen-bond acceptors (Lipinski definition) is 4. The normalized spacial score (nSPS) is 15.5. The molecule has 8 heteroatoms. The number of guanidine groups is 1. The summed E-state index contributed by atoms with van der Waals surface area (Å²) in [5, 5.41) is 10.7. The lowest BCUT2D eigenvalue weighted by Crippen LogP contribution is -2.40. The van der Waals surface area contributed by atoms with Crippen molar-refractivity contribution in [2.45, 2.75) is 25.8 Å². The molecule has 162 valence electrons. The van der Waals surface area contributed by atoms with Crippen molar-refractivity contribution in [2.24, 2.45) is 4.99 Å². The van der Waals surface area contributed by atoms with Gasteiger partial charge in [0.15, 0.2) is 5.96 Å². The number of aliphatic imine (C=N–C) groups is 1. The highest BCUT2D eigenvalue weighted by molar-refractivity contribution is 14.0. The number of fused-ring (bicyclic) bond motifs is 1. The van der Waals surface area contributed by atoms with Crippen molar-refractivity contribution < 1.29 is 4.79 Å². The maximum absolute atomic E-state index is 12.0. The summed E-state index contributed by atoms with van der Waals surface area (Å²) in [7, 11) is 1.76. The van der Waals surface area contributed by atoms with E-state index in [0.29, 0.717) is 25.5 Å². The van der Waals surface area contributed by atoms with E-state index < -0.39 is 0 Å². The summed E-state index contributed by atoms with van der Waals surface area (Å²) in [5.41, 5.74) is 4.22. The third kappa shape index (κ3) is 5.62. The van der Waals surface area contributed by atoms with Crippen molar-refractivity contribution in [3.8, 4) is 10.6 Å². The van der Waals surface area contributed by atoms with Crippen LogP contribution in [0.1, 0.15) is 28.5 Å². The first-order valence-corrected chi connectivity index (χ1v) is 10.8. The van der Waals surface area contributed by atoms with Gasteiger partial charge in [-0.25, -0.2) is 4.98 Å². The molecule has 0 saturated heterocycles. The highest BCUT2D eigenvalue weighted by Crippen LogP contribution is 2.31. The molecule has 31 heavy (non-hydrogen) atoms. The number of anilines is 1. The number of aromatic nitrogens is 1. The lowest BCUT2D eigenvalue weighted by Gasteiger charge is -2.26. The summed E-state index contributed by atoms with van der Waals surface area (Å²) < 4.78 is 0. The SMILES string of the molecule is CN=C(NCc1sc(-c2ccccc2)nc1C)NCC1CC(=O)Nc2ccccc21.I. The number of nitrogens with one attached hydrogen (secondary N) is 3. The third-order valence-electron chi connectivity index (χ3n) is 5.18. The molecule has 4 rings (SSSR count). The van der Waals surface area contributed by atoms with Crippen LogP contribution in [-0.2, 0) is 11.3 Å². The maximum atomic E-state index is 12.0. The zero-order valence-electron chi connectivity index (χ0n) is 17.5. The van der Waals surface area contributed by atoms with Crippen molar-refractivity contribution in [3.05, 3.63) is 70.7 Å². The van der Waals surface area contributed by atoms with Gasteiger partial charge in [0.25, 0.3) is 0 Å². The van der Waals surface area contributed by atoms with Crippen LogP contribution < -0.4 is 16.0 Å². The molecule has 0 saturated carbocycles. The van der Waals surface area contributed by atoms with Gasteiger partial charge in [0.05, 0.1) is 12.2 Å². The van der Waals surface area contributed by atoms with Crippen molar-refractivity contribution in [2.75, 3.05) is 18.9 Å². The van der Waals surface area contributed by atoms with Crippen molar-refractivity contribution >= 4 is 52.9 Å². The smallest absolute Gasteiger partial charge is 0.225 e. The minimum atomic E-state index is 0. The number of benzene rings is 2. The highest BCUT2D eigenvalue weighted by Gasteiger charge is 2.24. The van der Waals surface area contributed by atoms with Crippen LogP contribution >= 0.6 is 35.3 Å². The Balaban J connectivity index is 0.00000272. The van der Waals surface area contributed by atoms with E-state index in [9.17, 15) is 4.79 Å². The predicted molar refractivity (Wildman–Crippen MR) is 138 cm³/mol. The van der Waals surface area contributed by atoms with Gasteiger partial charge in [-0.05, 0) is 18.6 Å². The number of carbonyl (C=O) groups is 1. The molecule has 0 aliphatic carbocycles. The van der Waals surface area contributed by atoms with Gasteiger partial charge in [-0.3, -0.25) is 9.79 Å². The molecule has 0 spiro atoms. The van der Waals surface area contributed by atoms with Crippen molar-refractivity contribution in [1.82, 2.24) is 15.6 Å². The molecule has 0 radical (unpaired) electrons. The number of carbonyl (C=O) groups excluding carboxylic acids is 1. The number of aryl methyl sites for hydroxylation is 1. The first-order chi connectivity index (χ1) is 14.6. The molecule has 1 aliphatic heterocycles. The van der Waals surface area contributed by atoms with E-state index in [1.165, 1.54) is 4.88 Å². The molecule has 3 N–H and O–H groups in total. The van der Waals surface area contributed by atoms with Gasteiger partial charge in [-0.2, -0.15) is 0 Å². The number of nitrogens with zero attached hydrogens (tertiary/aromatic N) is 2. The van der Waals surface area contributed by atoms with E-state index in [4.69, 9.17) is 4.98 Å². The standard InChI is InChI=1S/C23H25N5OS.HI/c1-15-20(30-22(27-15)16-8-4-3-5-9-16)14-26-23(24-2)25-13-17-12-21(29)28-19-11-7-6-10-18(17)19;/h3-11,17H,12-14H2,1-2H3,(H,28,29)(H2,24,25,26);1H. The summed E-state index contributed by atoms with van der Waals surface area (Å²) in [4.78, 5) is 22.3. The Labute approximate surface area is 203 Å². The van der Waals surface area contributed by atoms with Crippen LogP contribution in [0.4, 0.5) is 5.69 Å². The Kier molecular flexibility index (Phi) is 8.03. The van der Waals surface area contributed by atoms with E-state index in [1.807, 2.05) is 43.3 Å². The molecule has 6 nitrogen and oxygen atoms in total. The van der Waals surface area contributed by atoms with Gasteiger partial charge < -0.3 is 16.0 Å². The summed E-state index contributed by atoms with van der Waals surface area (Å²) in [6.07, 6.45) is 0.468. The molecule has 3 aromatic rings. The third-order valence-corrected chi connectivity index (χ3v) is 6.38. The predicted octanol–water partition coefficient (Wildman–Crippen LogP) is 4.53. The van der Waals surface area contributed by atoms with Crippen molar-refractivity contribution in [3.63, 3.8) is 0 Å². The second-order valence-corrected chi connectivity index (χ2v) is 8.32. The fourth-order valence-corrected chi connectivity index (χ4v) is 4.59. The summed E-state index contributed by atoms with van der Waals surface area (Å²) in [5.74, 6) is 0.882. The molecule has 2 aromatic carbocycles. The summed E-state index contributed by atoms with van der Waals surface area (Å²) in [6.45, 7) is 3.33. The molecule has 0 bridgehead atoms. The fourth-order valence-electron chi connectivity index (χ4n) is 3.58. The Hall–Kier alpha value is -2.46. The Bertz CT molecular complexity index is 1070. The Morgan fingerprint density at radius 1 is 1.16 bits per heavy atom.